The zero-order valence-electron chi connectivity index (χ0n) is 4.84. The van der Waals surface area contributed by atoms with Crippen LogP contribution in [0.5, 0.6) is 5.06 Å². The van der Waals surface area contributed by atoms with Gasteiger partial charge in [-0.1, -0.05) is 0 Å². The Bertz CT molecular complexity index is 150. The summed E-state index contributed by atoms with van der Waals surface area (Å²) in [4.78, 5) is 0. The first-order chi connectivity index (χ1) is 4.43. The number of rotatable bonds is 3. The Balaban J connectivity index is 2.30. The van der Waals surface area contributed by atoms with Gasteiger partial charge in [0.05, 0.1) is 5.88 Å². The molecule has 0 amide bonds. The van der Waals surface area contributed by atoms with Crippen molar-refractivity contribution in [3.63, 3.8) is 0 Å². The van der Waals surface area contributed by atoms with Crippen molar-refractivity contribution >= 4 is 22.9 Å². The van der Waals surface area contributed by atoms with Gasteiger partial charge in [0.2, 0.25) is 0 Å². The van der Waals surface area contributed by atoms with Gasteiger partial charge in [-0.3, -0.25) is 0 Å². The monoisotopic (exact) mass is 162 g/mol. The third-order valence-electron chi connectivity index (χ3n) is 0.817. The lowest BCUT2D eigenvalue weighted by atomic mass is 10.6. The van der Waals surface area contributed by atoms with Crippen LogP contribution in [0.4, 0.5) is 0 Å². The van der Waals surface area contributed by atoms with E-state index in [1.54, 1.807) is 11.3 Å². The minimum absolute atomic E-state index is 0.553. The summed E-state index contributed by atoms with van der Waals surface area (Å²) in [5.41, 5.74) is 0. The molecule has 0 aliphatic rings. The fraction of sp³-hybridized carbons (Fsp3) is 0.333. The van der Waals surface area contributed by atoms with Crippen molar-refractivity contribution in [2.75, 3.05) is 12.5 Å². The van der Waals surface area contributed by atoms with E-state index in [1.165, 1.54) is 0 Å². The van der Waals surface area contributed by atoms with Crippen LogP contribution in [0.25, 0.3) is 0 Å². The highest BCUT2D eigenvalue weighted by Gasteiger charge is 1.89. The largest absolute Gasteiger partial charge is 0.483 e. The molecule has 0 aliphatic carbocycles. The summed E-state index contributed by atoms with van der Waals surface area (Å²) in [6.07, 6.45) is 0. The SMILES string of the molecule is ClCCOc1cccs1. The predicted octanol–water partition coefficient (Wildman–Crippen LogP) is 2.37. The van der Waals surface area contributed by atoms with Crippen LogP contribution in [0.1, 0.15) is 0 Å². The topological polar surface area (TPSA) is 9.23 Å². The fourth-order valence-electron chi connectivity index (χ4n) is 0.485. The molecular formula is C6H7ClOS. The van der Waals surface area contributed by atoms with Gasteiger partial charge in [0.1, 0.15) is 6.61 Å². The van der Waals surface area contributed by atoms with E-state index in [-0.39, 0.29) is 0 Å². The van der Waals surface area contributed by atoms with E-state index in [4.69, 9.17) is 16.3 Å². The van der Waals surface area contributed by atoms with E-state index in [1.807, 2.05) is 17.5 Å². The Hall–Kier alpha value is -0.210. The fourth-order valence-corrected chi connectivity index (χ4v) is 1.16. The number of alkyl halides is 1. The van der Waals surface area contributed by atoms with Crippen molar-refractivity contribution in [3.8, 4) is 5.06 Å². The second-order valence-electron chi connectivity index (χ2n) is 1.47. The number of hydrogen-bond acceptors (Lipinski definition) is 2. The molecule has 0 bridgehead atoms. The molecule has 9 heavy (non-hydrogen) atoms. The summed E-state index contributed by atoms with van der Waals surface area (Å²) >= 11 is 6.98. The molecule has 0 spiro atoms. The van der Waals surface area contributed by atoms with Crippen molar-refractivity contribution < 1.29 is 4.74 Å². The number of ether oxygens (including phenoxy) is 1. The zero-order chi connectivity index (χ0) is 6.53. The Morgan fingerprint density at radius 1 is 1.67 bits per heavy atom. The van der Waals surface area contributed by atoms with Crippen LogP contribution in [0.15, 0.2) is 17.5 Å². The number of halogens is 1. The Morgan fingerprint density at radius 2 is 2.56 bits per heavy atom. The highest BCUT2D eigenvalue weighted by atomic mass is 35.5. The first-order valence-electron chi connectivity index (χ1n) is 2.66. The maximum atomic E-state index is 5.40. The first kappa shape index (κ1) is 6.90. The second-order valence-corrected chi connectivity index (χ2v) is 2.76. The molecule has 0 unspecified atom stereocenters. The summed E-state index contributed by atoms with van der Waals surface area (Å²) in [6, 6.07) is 3.88. The lowest BCUT2D eigenvalue weighted by molar-refractivity contribution is 0.353. The van der Waals surface area contributed by atoms with Crippen molar-refractivity contribution in [1.82, 2.24) is 0 Å². The lowest BCUT2D eigenvalue weighted by Crippen LogP contribution is -1.95. The van der Waals surface area contributed by atoms with Crippen LogP contribution < -0.4 is 4.74 Å². The molecule has 0 N–H and O–H groups in total. The summed E-state index contributed by atoms with van der Waals surface area (Å²) < 4.78 is 5.18. The first-order valence-corrected chi connectivity index (χ1v) is 4.07. The molecule has 0 fully saturated rings. The van der Waals surface area contributed by atoms with Gasteiger partial charge in [0.25, 0.3) is 0 Å². The van der Waals surface area contributed by atoms with Crippen LogP contribution in [-0.2, 0) is 0 Å². The van der Waals surface area contributed by atoms with Crippen molar-refractivity contribution in [2.45, 2.75) is 0 Å². The molecule has 0 atom stereocenters. The average molecular weight is 163 g/mol. The van der Waals surface area contributed by atoms with Gasteiger partial charge < -0.3 is 4.74 Å². The van der Waals surface area contributed by atoms with Crippen molar-refractivity contribution in [3.05, 3.63) is 17.5 Å². The molecule has 1 aromatic rings. The molecule has 0 aliphatic heterocycles. The molecule has 0 aromatic carbocycles. The van der Waals surface area contributed by atoms with Crippen LogP contribution in [0.2, 0.25) is 0 Å². The van der Waals surface area contributed by atoms with E-state index in [9.17, 15) is 0 Å². The van der Waals surface area contributed by atoms with Crippen LogP contribution >= 0.6 is 22.9 Å². The summed E-state index contributed by atoms with van der Waals surface area (Å²) in [5, 5.41) is 2.92. The van der Waals surface area contributed by atoms with Crippen molar-refractivity contribution in [1.29, 1.82) is 0 Å². The molecule has 0 saturated carbocycles. The van der Waals surface area contributed by atoms with E-state index >= 15 is 0 Å². The highest BCUT2D eigenvalue weighted by Crippen LogP contribution is 2.17. The van der Waals surface area contributed by atoms with E-state index in [0.29, 0.717) is 12.5 Å². The highest BCUT2D eigenvalue weighted by molar-refractivity contribution is 7.11. The summed E-state index contributed by atoms with van der Waals surface area (Å²) in [7, 11) is 0. The number of thiophene rings is 1. The second kappa shape index (κ2) is 3.75. The van der Waals surface area contributed by atoms with Gasteiger partial charge in [0.15, 0.2) is 5.06 Å². The Kier molecular flexibility index (Phi) is 2.87. The number of hydrogen-bond donors (Lipinski definition) is 0. The Labute approximate surface area is 63.2 Å². The van der Waals surface area contributed by atoms with Crippen molar-refractivity contribution in [2.24, 2.45) is 0 Å². The van der Waals surface area contributed by atoms with E-state index in [2.05, 4.69) is 0 Å². The average Bonchev–Trinajstić information content (AvgIpc) is 2.34. The van der Waals surface area contributed by atoms with Crippen LogP contribution in [0.3, 0.4) is 0 Å². The van der Waals surface area contributed by atoms with Crippen LogP contribution in [-0.4, -0.2) is 12.5 Å². The van der Waals surface area contributed by atoms with Gasteiger partial charge >= 0.3 is 0 Å². The predicted molar refractivity (Wildman–Crippen MR) is 40.5 cm³/mol. The smallest absolute Gasteiger partial charge is 0.173 e. The molecule has 0 radical (unpaired) electrons. The minimum atomic E-state index is 0.553. The molecule has 3 heteroatoms. The Morgan fingerprint density at radius 3 is 3.11 bits per heavy atom. The molecule has 1 heterocycles. The third kappa shape index (κ3) is 2.24. The summed E-state index contributed by atoms with van der Waals surface area (Å²) in [6.45, 7) is 0.599. The van der Waals surface area contributed by atoms with E-state index in [0.717, 1.165) is 5.06 Å². The third-order valence-corrected chi connectivity index (χ3v) is 1.75. The zero-order valence-corrected chi connectivity index (χ0v) is 6.41. The van der Waals surface area contributed by atoms with Gasteiger partial charge in [-0.05, 0) is 17.5 Å². The van der Waals surface area contributed by atoms with E-state index < -0.39 is 0 Å². The molecule has 1 aromatic heterocycles. The quantitative estimate of drug-likeness (QED) is 0.621. The van der Waals surface area contributed by atoms with Gasteiger partial charge in [-0.25, -0.2) is 0 Å². The molecule has 50 valence electrons. The van der Waals surface area contributed by atoms with Gasteiger partial charge in [-0.2, -0.15) is 0 Å². The van der Waals surface area contributed by atoms with Gasteiger partial charge in [0, 0.05) is 0 Å². The maximum absolute atomic E-state index is 5.40. The molecule has 1 nitrogen and oxygen atoms in total. The van der Waals surface area contributed by atoms with Crippen LogP contribution in [0, 0.1) is 0 Å². The van der Waals surface area contributed by atoms with Gasteiger partial charge in [-0.15, -0.1) is 22.9 Å². The maximum Gasteiger partial charge on any atom is 0.173 e. The summed E-state index contributed by atoms with van der Waals surface area (Å²) in [5.74, 6) is 0.553. The minimum Gasteiger partial charge on any atom is -0.483 e. The standard InChI is InChI=1S/C6H7ClOS/c7-3-4-8-6-2-1-5-9-6/h1-2,5H,3-4H2. The normalized spacial score (nSPS) is 9.44. The molecule has 1 rings (SSSR count). The molecular weight excluding hydrogens is 156 g/mol. The molecule has 0 saturated heterocycles. The lowest BCUT2D eigenvalue weighted by Gasteiger charge is -1.96.